The molecule has 1 fully saturated rings. The van der Waals surface area contributed by atoms with Crippen LogP contribution in [-0.4, -0.2) is 49.6 Å². The maximum atomic E-state index is 12.3. The number of esters is 2. The minimum absolute atomic E-state index is 0.145. The number of aryl methyl sites for hydroxylation is 2. The molecule has 0 bridgehead atoms. The molecule has 1 aromatic heterocycles. The summed E-state index contributed by atoms with van der Waals surface area (Å²) in [5.41, 5.74) is 1.26. The zero-order chi connectivity index (χ0) is 18.5. The van der Waals surface area contributed by atoms with Crippen LogP contribution in [0.4, 0.5) is 0 Å². The minimum Gasteiger partial charge on any atom is -0.469 e. The van der Waals surface area contributed by atoms with Gasteiger partial charge in [0.2, 0.25) is 0 Å². The molecule has 1 amide bonds. The van der Waals surface area contributed by atoms with Crippen molar-refractivity contribution < 1.29 is 23.9 Å². The highest BCUT2D eigenvalue weighted by molar-refractivity contribution is 7.14. The third kappa shape index (κ3) is 4.44. The van der Waals surface area contributed by atoms with E-state index in [2.05, 4.69) is 0 Å². The summed E-state index contributed by atoms with van der Waals surface area (Å²) >= 11 is 1.50. The largest absolute Gasteiger partial charge is 0.469 e. The number of fused-ring (bicyclic) bond motifs is 1. The van der Waals surface area contributed by atoms with E-state index in [1.54, 1.807) is 4.90 Å². The molecule has 6 nitrogen and oxygen atoms in total. The maximum absolute atomic E-state index is 12.3. The van der Waals surface area contributed by atoms with Crippen molar-refractivity contribution >= 4 is 29.2 Å². The van der Waals surface area contributed by atoms with Crippen LogP contribution in [0.1, 0.15) is 52.2 Å². The number of nitrogens with zero attached hydrogens (tertiary/aromatic N) is 1. The number of carbonyl (C=O) groups excluding carboxylic acids is 3. The van der Waals surface area contributed by atoms with Crippen LogP contribution in [0.2, 0.25) is 0 Å². The monoisotopic (exact) mass is 379 g/mol. The molecule has 142 valence electrons. The first-order chi connectivity index (χ1) is 12.6. The molecule has 0 radical (unpaired) electrons. The van der Waals surface area contributed by atoms with Crippen LogP contribution in [0, 0.1) is 5.92 Å². The number of carbonyl (C=O) groups is 3. The molecule has 0 atom stereocenters. The van der Waals surface area contributed by atoms with Gasteiger partial charge in [-0.05, 0) is 50.2 Å². The summed E-state index contributed by atoms with van der Waals surface area (Å²) in [4.78, 5) is 39.6. The van der Waals surface area contributed by atoms with Crippen molar-refractivity contribution in [2.75, 3.05) is 26.8 Å². The Morgan fingerprint density at radius 1 is 1.15 bits per heavy atom. The molecule has 1 aliphatic carbocycles. The molecule has 1 aromatic rings. The fraction of sp³-hybridized carbons (Fsp3) is 0.632. The lowest BCUT2D eigenvalue weighted by Crippen LogP contribution is -2.42. The van der Waals surface area contributed by atoms with E-state index >= 15 is 0 Å². The number of methoxy groups -OCH3 is 1. The highest BCUT2D eigenvalue weighted by Gasteiger charge is 2.28. The quantitative estimate of drug-likeness (QED) is 0.594. The van der Waals surface area contributed by atoms with Gasteiger partial charge in [0.15, 0.2) is 6.61 Å². The summed E-state index contributed by atoms with van der Waals surface area (Å²) < 4.78 is 9.98. The molecule has 0 saturated carbocycles. The Morgan fingerprint density at radius 2 is 1.88 bits per heavy atom. The Kier molecular flexibility index (Phi) is 6.29. The molecule has 0 unspecified atom stereocenters. The van der Waals surface area contributed by atoms with E-state index in [4.69, 9.17) is 9.47 Å². The molecule has 0 aromatic carbocycles. The zero-order valence-corrected chi connectivity index (χ0v) is 15.9. The van der Waals surface area contributed by atoms with Gasteiger partial charge < -0.3 is 14.4 Å². The lowest BCUT2D eigenvalue weighted by atomic mass is 9.97. The molecule has 0 N–H and O–H groups in total. The third-order valence-corrected chi connectivity index (χ3v) is 6.37. The Bertz CT molecular complexity index is 652. The van der Waals surface area contributed by atoms with Crippen molar-refractivity contribution in [1.82, 2.24) is 4.90 Å². The second-order valence-corrected chi connectivity index (χ2v) is 8.01. The fourth-order valence-corrected chi connectivity index (χ4v) is 4.74. The van der Waals surface area contributed by atoms with Gasteiger partial charge in [-0.15, -0.1) is 11.3 Å². The molecule has 1 aliphatic heterocycles. The molecule has 7 heteroatoms. The Hall–Kier alpha value is -1.89. The van der Waals surface area contributed by atoms with E-state index in [1.807, 2.05) is 6.07 Å². The number of rotatable bonds is 4. The van der Waals surface area contributed by atoms with E-state index in [0.29, 0.717) is 30.8 Å². The number of amides is 1. The maximum Gasteiger partial charge on any atom is 0.348 e. The van der Waals surface area contributed by atoms with Crippen LogP contribution in [0.3, 0.4) is 0 Å². The van der Waals surface area contributed by atoms with Gasteiger partial charge in [-0.2, -0.15) is 0 Å². The fourth-order valence-electron chi connectivity index (χ4n) is 3.59. The van der Waals surface area contributed by atoms with Gasteiger partial charge in [0.1, 0.15) is 4.88 Å². The average molecular weight is 379 g/mol. The van der Waals surface area contributed by atoms with Gasteiger partial charge in [0, 0.05) is 18.0 Å². The van der Waals surface area contributed by atoms with E-state index in [1.165, 1.54) is 41.7 Å². The van der Waals surface area contributed by atoms with Crippen molar-refractivity contribution in [3.05, 3.63) is 21.4 Å². The SMILES string of the molecule is COC(=O)C1CCN(C(=O)COC(=O)c2cc3c(s2)CCCCC3)CC1. The second kappa shape index (κ2) is 8.66. The number of ether oxygens (including phenoxy) is 2. The topological polar surface area (TPSA) is 72.9 Å². The number of hydrogen-bond donors (Lipinski definition) is 0. The average Bonchev–Trinajstić information content (AvgIpc) is 2.96. The number of piperidine rings is 1. The number of hydrogen-bond acceptors (Lipinski definition) is 6. The molecule has 3 rings (SSSR count). The van der Waals surface area contributed by atoms with E-state index < -0.39 is 5.97 Å². The van der Waals surface area contributed by atoms with Gasteiger partial charge >= 0.3 is 11.9 Å². The lowest BCUT2D eigenvalue weighted by Gasteiger charge is -2.30. The van der Waals surface area contributed by atoms with Crippen LogP contribution in [0.25, 0.3) is 0 Å². The van der Waals surface area contributed by atoms with Crippen molar-refractivity contribution in [2.45, 2.75) is 44.9 Å². The first-order valence-electron chi connectivity index (χ1n) is 9.23. The highest BCUT2D eigenvalue weighted by Crippen LogP contribution is 2.29. The smallest absolute Gasteiger partial charge is 0.348 e. The van der Waals surface area contributed by atoms with Gasteiger partial charge in [-0.25, -0.2) is 4.79 Å². The van der Waals surface area contributed by atoms with Crippen molar-refractivity contribution in [3.8, 4) is 0 Å². The predicted octanol–water partition coefficient (Wildman–Crippen LogP) is 2.59. The molecule has 2 aliphatic rings. The van der Waals surface area contributed by atoms with Crippen LogP contribution < -0.4 is 0 Å². The summed E-state index contributed by atoms with van der Waals surface area (Å²) in [6.07, 6.45) is 6.80. The third-order valence-electron chi connectivity index (χ3n) is 5.16. The van der Waals surface area contributed by atoms with Crippen molar-refractivity contribution in [2.24, 2.45) is 5.92 Å². The van der Waals surface area contributed by atoms with Gasteiger partial charge in [0.05, 0.1) is 13.0 Å². The lowest BCUT2D eigenvalue weighted by molar-refractivity contribution is -0.149. The number of likely N-dealkylation sites (tertiary alicyclic amines) is 1. The van der Waals surface area contributed by atoms with E-state index in [0.717, 1.165) is 19.3 Å². The standard InChI is InChI=1S/C19H25NO5S/c1-24-18(22)13-7-9-20(10-8-13)17(21)12-25-19(23)16-11-14-5-3-2-4-6-15(14)26-16/h11,13H,2-10,12H2,1H3. The Balaban J connectivity index is 1.47. The summed E-state index contributed by atoms with van der Waals surface area (Å²) in [5.74, 6) is -0.991. The van der Waals surface area contributed by atoms with Crippen molar-refractivity contribution in [3.63, 3.8) is 0 Å². The van der Waals surface area contributed by atoms with Gasteiger partial charge in [-0.1, -0.05) is 6.42 Å². The Labute approximate surface area is 157 Å². The van der Waals surface area contributed by atoms with E-state index in [-0.39, 0.29) is 24.4 Å². The zero-order valence-electron chi connectivity index (χ0n) is 15.1. The van der Waals surface area contributed by atoms with E-state index in [9.17, 15) is 14.4 Å². The first-order valence-corrected chi connectivity index (χ1v) is 10.0. The van der Waals surface area contributed by atoms with Crippen LogP contribution in [0.15, 0.2) is 6.07 Å². The normalized spacial score (nSPS) is 18.0. The Morgan fingerprint density at radius 3 is 2.62 bits per heavy atom. The van der Waals surface area contributed by atoms with Gasteiger partial charge in [-0.3, -0.25) is 9.59 Å². The summed E-state index contributed by atoms with van der Waals surface area (Å²) in [7, 11) is 1.38. The number of thiophene rings is 1. The highest BCUT2D eigenvalue weighted by atomic mass is 32.1. The predicted molar refractivity (Wildman–Crippen MR) is 97.2 cm³/mol. The van der Waals surface area contributed by atoms with Crippen LogP contribution >= 0.6 is 11.3 Å². The molecular formula is C19H25NO5S. The summed E-state index contributed by atoms with van der Waals surface area (Å²) in [6, 6.07) is 1.93. The summed E-state index contributed by atoms with van der Waals surface area (Å²) in [6.45, 7) is 0.733. The van der Waals surface area contributed by atoms with Crippen LogP contribution in [0.5, 0.6) is 0 Å². The molecule has 26 heavy (non-hydrogen) atoms. The van der Waals surface area contributed by atoms with Crippen LogP contribution in [-0.2, 0) is 31.9 Å². The van der Waals surface area contributed by atoms with Gasteiger partial charge in [0.25, 0.3) is 5.91 Å². The summed E-state index contributed by atoms with van der Waals surface area (Å²) in [5, 5.41) is 0. The molecule has 0 spiro atoms. The first kappa shape index (κ1) is 18.9. The molecule has 2 heterocycles. The molecular weight excluding hydrogens is 354 g/mol. The minimum atomic E-state index is -0.416. The van der Waals surface area contributed by atoms with Crippen molar-refractivity contribution in [1.29, 1.82) is 0 Å². The second-order valence-electron chi connectivity index (χ2n) is 6.87. The molecule has 1 saturated heterocycles.